The molecule has 0 saturated carbocycles. The van der Waals surface area contributed by atoms with E-state index >= 15 is 0 Å². The van der Waals surface area contributed by atoms with Gasteiger partial charge in [0.2, 0.25) is 0 Å². The first-order chi connectivity index (χ1) is 9.21. The highest BCUT2D eigenvalue weighted by Crippen LogP contribution is 2.31. The molecule has 0 aliphatic heterocycles. The zero-order valence-corrected chi connectivity index (χ0v) is 10.8. The van der Waals surface area contributed by atoms with Crippen molar-refractivity contribution in [2.24, 2.45) is 5.73 Å². The lowest BCUT2D eigenvalue weighted by atomic mass is 10.0. The number of halogens is 3. The second kappa shape index (κ2) is 5.92. The number of amides is 1. The molecule has 0 saturated heterocycles. The van der Waals surface area contributed by atoms with Gasteiger partial charge in [0.1, 0.15) is 0 Å². The molecule has 1 atom stereocenters. The van der Waals surface area contributed by atoms with Gasteiger partial charge in [-0.25, -0.2) is 0 Å². The van der Waals surface area contributed by atoms with Crippen LogP contribution in [-0.2, 0) is 4.79 Å². The molecule has 2 N–H and O–H groups in total. The molecule has 4 nitrogen and oxygen atoms in total. The Hall–Kier alpha value is -2.07. The molecule has 1 amide bonds. The summed E-state index contributed by atoms with van der Waals surface area (Å²) in [6.45, 7) is 0.472. The van der Waals surface area contributed by atoms with Crippen LogP contribution >= 0.6 is 0 Å². The molecular formula is C13H14F3N3O. The summed E-state index contributed by atoms with van der Waals surface area (Å²) in [6, 6.07) is 9.61. The van der Waals surface area contributed by atoms with Crippen LogP contribution in [0, 0.1) is 11.3 Å². The first-order valence-electron chi connectivity index (χ1n) is 5.81. The lowest BCUT2D eigenvalue weighted by Gasteiger charge is -2.32. The predicted molar refractivity (Wildman–Crippen MR) is 67.7 cm³/mol. The summed E-state index contributed by atoms with van der Waals surface area (Å²) in [6.07, 6.45) is -4.96. The van der Waals surface area contributed by atoms with Crippen molar-refractivity contribution in [1.29, 1.82) is 5.26 Å². The molecule has 1 unspecified atom stereocenters. The number of nitrogens with two attached hydrogens (primary N) is 1. The summed E-state index contributed by atoms with van der Waals surface area (Å²) in [7, 11) is 0. The van der Waals surface area contributed by atoms with Gasteiger partial charge in [0, 0.05) is 12.2 Å². The Morgan fingerprint density at radius 2 is 1.90 bits per heavy atom. The van der Waals surface area contributed by atoms with Crippen LogP contribution in [0.25, 0.3) is 0 Å². The molecule has 0 fully saturated rings. The summed E-state index contributed by atoms with van der Waals surface area (Å²) in [5.74, 6) is -1.29. The molecule has 0 aliphatic rings. The van der Waals surface area contributed by atoms with E-state index in [-0.39, 0.29) is 18.7 Å². The maximum absolute atomic E-state index is 12.8. The third kappa shape index (κ3) is 3.27. The van der Waals surface area contributed by atoms with Gasteiger partial charge in [-0.3, -0.25) is 4.79 Å². The maximum atomic E-state index is 12.8. The molecule has 20 heavy (non-hydrogen) atoms. The average Bonchev–Trinajstić information content (AvgIpc) is 2.38. The van der Waals surface area contributed by atoms with Gasteiger partial charge in [-0.2, -0.15) is 18.4 Å². The molecular weight excluding hydrogens is 271 g/mol. The Morgan fingerprint density at radius 3 is 2.35 bits per heavy atom. The van der Waals surface area contributed by atoms with Gasteiger partial charge < -0.3 is 10.6 Å². The SMILES string of the molecule is CC(N)(C(=O)N(CCC#N)c1ccccc1)C(F)(F)F. The van der Waals surface area contributed by atoms with Crippen LogP contribution in [0.15, 0.2) is 30.3 Å². The molecule has 1 aromatic carbocycles. The standard InChI is InChI=1S/C13H14F3N3O/c1-12(18,13(14,15)16)11(20)19(9-5-8-17)10-6-3-2-4-7-10/h2-4,6-7H,5,9,18H2,1H3. The van der Waals surface area contributed by atoms with E-state index in [2.05, 4.69) is 0 Å². The number of para-hydroxylation sites is 1. The Morgan fingerprint density at radius 1 is 1.35 bits per heavy atom. The Balaban J connectivity index is 3.13. The summed E-state index contributed by atoms with van der Waals surface area (Å²) in [5.41, 5.74) is 2.42. The van der Waals surface area contributed by atoms with Crippen molar-refractivity contribution in [1.82, 2.24) is 0 Å². The largest absolute Gasteiger partial charge is 0.415 e. The quantitative estimate of drug-likeness (QED) is 0.922. The number of hydrogen-bond donors (Lipinski definition) is 1. The van der Waals surface area contributed by atoms with Crippen molar-refractivity contribution in [2.45, 2.75) is 25.1 Å². The lowest BCUT2D eigenvalue weighted by molar-refractivity contribution is -0.185. The molecule has 0 aromatic heterocycles. The van der Waals surface area contributed by atoms with Gasteiger partial charge in [0.05, 0.1) is 12.5 Å². The average molecular weight is 285 g/mol. The fourth-order valence-corrected chi connectivity index (χ4v) is 1.52. The number of alkyl halides is 3. The van der Waals surface area contributed by atoms with Gasteiger partial charge in [-0.15, -0.1) is 0 Å². The molecule has 0 aliphatic carbocycles. The third-order valence-electron chi connectivity index (χ3n) is 2.79. The highest BCUT2D eigenvalue weighted by atomic mass is 19.4. The predicted octanol–water partition coefficient (Wildman–Crippen LogP) is 2.21. The lowest BCUT2D eigenvalue weighted by Crippen LogP contribution is -2.62. The van der Waals surface area contributed by atoms with Crippen molar-refractivity contribution in [2.75, 3.05) is 11.4 Å². The number of carbonyl (C=O) groups is 1. The minimum atomic E-state index is -4.87. The number of nitrogens with zero attached hydrogens (tertiary/aromatic N) is 2. The van der Waals surface area contributed by atoms with E-state index in [0.29, 0.717) is 6.92 Å². The van der Waals surface area contributed by atoms with E-state index in [0.717, 1.165) is 4.90 Å². The number of nitriles is 1. The van der Waals surface area contributed by atoms with Crippen molar-refractivity contribution >= 4 is 11.6 Å². The van der Waals surface area contributed by atoms with Crippen molar-refractivity contribution in [3.63, 3.8) is 0 Å². The topological polar surface area (TPSA) is 70.1 Å². The maximum Gasteiger partial charge on any atom is 0.415 e. The van der Waals surface area contributed by atoms with E-state index in [9.17, 15) is 18.0 Å². The number of benzene rings is 1. The van der Waals surface area contributed by atoms with Crippen LogP contribution in [0.1, 0.15) is 13.3 Å². The van der Waals surface area contributed by atoms with Gasteiger partial charge in [-0.05, 0) is 19.1 Å². The minimum absolute atomic E-state index is 0.0887. The molecule has 108 valence electrons. The molecule has 0 bridgehead atoms. The molecule has 0 radical (unpaired) electrons. The fraction of sp³-hybridized carbons (Fsp3) is 0.385. The van der Waals surface area contributed by atoms with Crippen LogP contribution in [0.2, 0.25) is 0 Å². The van der Waals surface area contributed by atoms with Gasteiger partial charge in [0.25, 0.3) is 5.91 Å². The molecule has 7 heteroatoms. The third-order valence-corrected chi connectivity index (χ3v) is 2.79. The van der Waals surface area contributed by atoms with Gasteiger partial charge >= 0.3 is 6.18 Å². The van der Waals surface area contributed by atoms with Crippen molar-refractivity contribution < 1.29 is 18.0 Å². The van der Waals surface area contributed by atoms with Crippen LogP contribution in [0.3, 0.4) is 0 Å². The molecule has 0 spiro atoms. The van der Waals surface area contributed by atoms with Crippen molar-refractivity contribution in [3.8, 4) is 6.07 Å². The number of hydrogen-bond acceptors (Lipinski definition) is 3. The van der Waals surface area contributed by atoms with Crippen LogP contribution < -0.4 is 10.6 Å². The first-order valence-corrected chi connectivity index (χ1v) is 5.81. The van der Waals surface area contributed by atoms with Crippen LogP contribution in [-0.4, -0.2) is 24.2 Å². The molecule has 1 aromatic rings. The molecule has 0 heterocycles. The summed E-state index contributed by atoms with van der Waals surface area (Å²) >= 11 is 0. The fourth-order valence-electron chi connectivity index (χ4n) is 1.52. The highest BCUT2D eigenvalue weighted by Gasteiger charge is 2.55. The van der Waals surface area contributed by atoms with E-state index in [1.807, 2.05) is 0 Å². The second-order valence-electron chi connectivity index (χ2n) is 4.40. The van der Waals surface area contributed by atoms with E-state index in [1.165, 1.54) is 12.1 Å². The zero-order chi connectivity index (χ0) is 15.4. The Kier molecular flexibility index (Phi) is 4.73. The second-order valence-corrected chi connectivity index (χ2v) is 4.40. The van der Waals surface area contributed by atoms with E-state index in [1.54, 1.807) is 24.3 Å². The van der Waals surface area contributed by atoms with Crippen LogP contribution in [0.4, 0.5) is 18.9 Å². The Labute approximate surface area is 114 Å². The van der Waals surface area contributed by atoms with Gasteiger partial charge in [0.15, 0.2) is 5.54 Å². The minimum Gasteiger partial charge on any atom is -0.310 e. The first kappa shape index (κ1) is 16.0. The summed E-state index contributed by atoms with van der Waals surface area (Å²) in [4.78, 5) is 13.0. The number of anilines is 1. The normalized spacial score (nSPS) is 14.2. The van der Waals surface area contributed by atoms with E-state index in [4.69, 9.17) is 11.0 Å². The zero-order valence-electron chi connectivity index (χ0n) is 10.8. The van der Waals surface area contributed by atoms with Gasteiger partial charge in [-0.1, -0.05) is 18.2 Å². The van der Waals surface area contributed by atoms with Crippen LogP contribution in [0.5, 0.6) is 0 Å². The summed E-state index contributed by atoms with van der Waals surface area (Å²) < 4.78 is 38.5. The number of rotatable bonds is 4. The van der Waals surface area contributed by atoms with E-state index < -0.39 is 17.6 Å². The monoisotopic (exact) mass is 285 g/mol. The summed E-state index contributed by atoms with van der Waals surface area (Å²) in [5, 5.41) is 8.57. The number of carbonyl (C=O) groups excluding carboxylic acids is 1. The van der Waals surface area contributed by atoms with Crippen molar-refractivity contribution in [3.05, 3.63) is 30.3 Å². The molecule has 1 rings (SSSR count). The smallest absolute Gasteiger partial charge is 0.310 e. The highest BCUT2D eigenvalue weighted by molar-refractivity contribution is 6.00. The Bertz CT molecular complexity index is 506.